The molecule has 0 saturated heterocycles. The Morgan fingerprint density at radius 3 is 2.48 bits per heavy atom. The number of nitrogens with one attached hydrogen (secondary N) is 1. The summed E-state index contributed by atoms with van der Waals surface area (Å²) in [6.07, 6.45) is -0.451. The van der Waals surface area contributed by atoms with Crippen LogP contribution in [-0.4, -0.2) is 34.3 Å². The summed E-state index contributed by atoms with van der Waals surface area (Å²) < 4.78 is 46.4. The van der Waals surface area contributed by atoms with Gasteiger partial charge in [0.1, 0.15) is 17.2 Å². The highest BCUT2D eigenvalue weighted by molar-refractivity contribution is 6.31. The van der Waals surface area contributed by atoms with Gasteiger partial charge < -0.3 is 14.8 Å². The Labute approximate surface area is 180 Å². The summed E-state index contributed by atoms with van der Waals surface area (Å²) >= 11 is 5.84. The third-order valence-corrected chi connectivity index (χ3v) is 4.28. The monoisotopic (exact) mass is 452 g/mol. The molecule has 1 aromatic carbocycles. The van der Waals surface area contributed by atoms with Crippen LogP contribution in [0.4, 0.5) is 13.2 Å². The molecule has 2 heterocycles. The van der Waals surface area contributed by atoms with E-state index in [0.29, 0.717) is 22.8 Å². The Bertz CT molecular complexity index is 1080. The van der Waals surface area contributed by atoms with E-state index in [9.17, 15) is 18.0 Å². The maximum absolute atomic E-state index is 12.6. The molecule has 7 nitrogen and oxygen atoms in total. The maximum Gasteiger partial charge on any atom is 0.573 e. The second-order valence-electron chi connectivity index (χ2n) is 6.29. The van der Waals surface area contributed by atoms with E-state index in [2.05, 4.69) is 25.0 Å². The minimum Gasteiger partial charge on any atom is -0.495 e. The van der Waals surface area contributed by atoms with Gasteiger partial charge in [0, 0.05) is 23.0 Å². The number of amides is 1. The van der Waals surface area contributed by atoms with Crippen LogP contribution in [0.25, 0.3) is 11.4 Å². The van der Waals surface area contributed by atoms with E-state index in [1.54, 1.807) is 19.1 Å². The average Bonchev–Trinajstić information content (AvgIpc) is 2.72. The number of pyridine rings is 1. The molecule has 11 heteroatoms. The Kier molecular flexibility index (Phi) is 6.59. The van der Waals surface area contributed by atoms with E-state index < -0.39 is 24.1 Å². The first kappa shape index (κ1) is 22.3. The first-order valence-corrected chi connectivity index (χ1v) is 9.22. The van der Waals surface area contributed by atoms with Gasteiger partial charge in [0.2, 0.25) is 0 Å². The van der Waals surface area contributed by atoms with Crippen molar-refractivity contribution >= 4 is 17.5 Å². The predicted molar refractivity (Wildman–Crippen MR) is 106 cm³/mol. The molecule has 0 aliphatic carbocycles. The van der Waals surface area contributed by atoms with Crippen molar-refractivity contribution in [2.24, 2.45) is 0 Å². The zero-order valence-corrected chi connectivity index (χ0v) is 17.0. The van der Waals surface area contributed by atoms with Crippen LogP contribution in [0, 0.1) is 0 Å². The van der Waals surface area contributed by atoms with Crippen molar-refractivity contribution in [1.29, 1.82) is 0 Å². The van der Waals surface area contributed by atoms with Crippen molar-refractivity contribution < 1.29 is 27.4 Å². The largest absolute Gasteiger partial charge is 0.573 e. The standard InChI is InChI=1S/C20H16ClF3N4O3/c1-11(17-18(26-6-5-25-17)16-4-3-14(30-2)10-27-16)28-19(29)12-7-13(21)9-15(8-12)31-20(22,23)24/h3-11H,1-2H3,(H,28,29). The van der Waals surface area contributed by atoms with Crippen molar-refractivity contribution in [2.75, 3.05) is 7.11 Å². The Hall–Kier alpha value is -3.40. The first-order valence-electron chi connectivity index (χ1n) is 8.85. The molecule has 0 bridgehead atoms. The van der Waals surface area contributed by atoms with Gasteiger partial charge in [-0.2, -0.15) is 0 Å². The topological polar surface area (TPSA) is 86.2 Å². The van der Waals surface area contributed by atoms with E-state index >= 15 is 0 Å². The quantitative estimate of drug-likeness (QED) is 0.588. The van der Waals surface area contributed by atoms with Gasteiger partial charge in [0.25, 0.3) is 5.91 Å². The minimum atomic E-state index is -4.91. The lowest BCUT2D eigenvalue weighted by Gasteiger charge is -2.17. The number of halogens is 4. The summed E-state index contributed by atoms with van der Waals surface area (Å²) in [5.74, 6) is -0.699. The highest BCUT2D eigenvalue weighted by Gasteiger charge is 2.31. The van der Waals surface area contributed by atoms with Crippen molar-refractivity contribution in [3.05, 3.63) is 65.2 Å². The molecule has 0 saturated carbocycles. The minimum absolute atomic E-state index is 0.0813. The molecule has 1 unspecified atom stereocenters. The van der Waals surface area contributed by atoms with Crippen molar-refractivity contribution in [2.45, 2.75) is 19.3 Å². The van der Waals surface area contributed by atoms with Crippen molar-refractivity contribution in [3.8, 4) is 22.9 Å². The molecule has 31 heavy (non-hydrogen) atoms. The zero-order chi connectivity index (χ0) is 22.6. The Morgan fingerprint density at radius 1 is 1.10 bits per heavy atom. The molecule has 0 radical (unpaired) electrons. The molecule has 3 aromatic rings. The third-order valence-electron chi connectivity index (χ3n) is 4.07. The van der Waals surface area contributed by atoms with E-state index in [1.165, 1.54) is 31.8 Å². The number of hydrogen-bond donors (Lipinski definition) is 1. The van der Waals surface area contributed by atoms with Gasteiger partial charge in [-0.05, 0) is 37.3 Å². The molecule has 3 rings (SSSR count). The maximum atomic E-state index is 12.6. The summed E-state index contributed by atoms with van der Waals surface area (Å²) in [6.45, 7) is 1.66. The summed E-state index contributed by atoms with van der Waals surface area (Å²) in [6, 6.07) is 5.90. The van der Waals surface area contributed by atoms with E-state index in [4.69, 9.17) is 16.3 Å². The number of hydrogen-bond acceptors (Lipinski definition) is 6. The van der Waals surface area contributed by atoms with Crippen molar-refractivity contribution in [1.82, 2.24) is 20.3 Å². The number of benzene rings is 1. The second kappa shape index (κ2) is 9.17. The number of alkyl halides is 3. The molecule has 0 fully saturated rings. The number of ether oxygens (including phenoxy) is 2. The van der Waals surface area contributed by atoms with Crippen LogP contribution >= 0.6 is 11.6 Å². The van der Waals surface area contributed by atoms with Crippen LogP contribution in [0.5, 0.6) is 11.5 Å². The fourth-order valence-corrected chi connectivity index (χ4v) is 2.96. The van der Waals surface area contributed by atoms with Crippen LogP contribution in [0.3, 0.4) is 0 Å². The number of methoxy groups -OCH3 is 1. The number of rotatable bonds is 6. The zero-order valence-electron chi connectivity index (χ0n) is 16.3. The Morgan fingerprint density at radius 2 is 1.84 bits per heavy atom. The molecular formula is C20H16ClF3N4O3. The van der Waals surface area contributed by atoms with Gasteiger partial charge >= 0.3 is 6.36 Å². The molecule has 2 aromatic heterocycles. The summed E-state index contributed by atoms with van der Waals surface area (Å²) in [4.78, 5) is 25.5. The smallest absolute Gasteiger partial charge is 0.495 e. The molecular weight excluding hydrogens is 437 g/mol. The van der Waals surface area contributed by atoms with Gasteiger partial charge in [0.15, 0.2) is 0 Å². The lowest BCUT2D eigenvalue weighted by atomic mass is 10.1. The summed E-state index contributed by atoms with van der Waals surface area (Å²) in [7, 11) is 1.52. The molecule has 0 aliphatic heterocycles. The van der Waals surface area contributed by atoms with Crippen LogP contribution in [-0.2, 0) is 0 Å². The lowest BCUT2D eigenvalue weighted by molar-refractivity contribution is -0.274. The van der Waals surface area contributed by atoms with Crippen LogP contribution in [0.2, 0.25) is 5.02 Å². The predicted octanol–water partition coefficient (Wildman–Crippen LogP) is 4.59. The van der Waals surface area contributed by atoms with Crippen LogP contribution in [0.1, 0.15) is 29.0 Å². The second-order valence-corrected chi connectivity index (χ2v) is 6.73. The highest BCUT2D eigenvalue weighted by Crippen LogP contribution is 2.28. The van der Waals surface area contributed by atoms with Crippen molar-refractivity contribution in [3.63, 3.8) is 0 Å². The highest BCUT2D eigenvalue weighted by atomic mass is 35.5. The van der Waals surface area contributed by atoms with E-state index in [-0.39, 0.29) is 10.6 Å². The fraction of sp³-hybridized carbons (Fsp3) is 0.200. The van der Waals surface area contributed by atoms with Gasteiger partial charge in [-0.1, -0.05) is 11.6 Å². The van der Waals surface area contributed by atoms with Crippen LogP contribution in [0.15, 0.2) is 48.9 Å². The van der Waals surface area contributed by atoms with E-state index in [0.717, 1.165) is 12.1 Å². The fourth-order valence-electron chi connectivity index (χ4n) is 2.74. The third kappa shape index (κ3) is 5.82. The molecule has 162 valence electrons. The number of carbonyl (C=O) groups excluding carboxylic acids is 1. The SMILES string of the molecule is COc1ccc(-c2nccnc2C(C)NC(=O)c2cc(Cl)cc(OC(F)(F)F)c2)nc1. The molecule has 1 N–H and O–H groups in total. The molecule has 0 aliphatic rings. The Balaban J connectivity index is 1.84. The van der Waals surface area contributed by atoms with Gasteiger partial charge in [-0.15, -0.1) is 13.2 Å². The van der Waals surface area contributed by atoms with Gasteiger partial charge in [-0.25, -0.2) is 0 Å². The normalized spacial score (nSPS) is 12.2. The average molecular weight is 453 g/mol. The molecule has 1 atom stereocenters. The molecule has 0 spiro atoms. The summed E-state index contributed by atoms with van der Waals surface area (Å²) in [5, 5.41) is 2.59. The molecule has 1 amide bonds. The van der Waals surface area contributed by atoms with E-state index in [1.807, 2.05) is 0 Å². The van der Waals surface area contributed by atoms with Crippen LogP contribution < -0.4 is 14.8 Å². The first-order chi connectivity index (χ1) is 14.7. The number of carbonyl (C=O) groups is 1. The lowest BCUT2D eigenvalue weighted by Crippen LogP contribution is -2.28. The summed E-state index contributed by atoms with van der Waals surface area (Å²) in [5.41, 5.74) is 1.26. The number of aromatic nitrogens is 3. The van der Waals surface area contributed by atoms with Gasteiger partial charge in [-0.3, -0.25) is 19.7 Å². The van der Waals surface area contributed by atoms with Gasteiger partial charge in [0.05, 0.1) is 30.7 Å². The number of nitrogens with zero attached hydrogens (tertiary/aromatic N) is 3.